The highest BCUT2D eigenvalue weighted by Crippen LogP contribution is 2.46. The Hall–Kier alpha value is -8.12. The number of aliphatic imine (C=N–C) groups is 2. The predicted molar refractivity (Wildman–Crippen MR) is 270 cm³/mol. The number of amidine groups is 2. The fourth-order valence-electron chi connectivity index (χ4n) is 9.62. The van der Waals surface area contributed by atoms with E-state index in [9.17, 15) is 0 Å². The number of fused-ring (bicyclic) bond motifs is 9. The minimum atomic E-state index is -0.398. The number of rotatable bonds is 6. The van der Waals surface area contributed by atoms with Crippen LogP contribution in [-0.2, 0) is 0 Å². The van der Waals surface area contributed by atoms with Crippen LogP contribution in [0.3, 0.4) is 0 Å². The minimum absolute atomic E-state index is 0.398. The predicted octanol–water partition coefficient (Wildman–Crippen LogP) is 15.8. The third-order valence-electron chi connectivity index (χ3n) is 12.7. The highest BCUT2D eigenvalue weighted by molar-refractivity contribution is 7.26. The van der Waals surface area contributed by atoms with Crippen LogP contribution in [0, 0.1) is 0 Å². The molecule has 13 rings (SSSR count). The second-order valence-electron chi connectivity index (χ2n) is 16.5. The van der Waals surface area contributed by atoms with Gasteiger partial charge in [0.25, 0.3) is 0 Å². The van der Waals surface area contributed by atoms with Crippen molar-refractivity contribution in [1.29, 1.82) is 0 Å². The quantitative estimate of drug-likeness (QED) is 0.181. The molecule has 0 aliphatic carbocycles. The van der Waals surface area contributed by atoms with E-state index in [1.165, 1.54) is 64.0 Å². The topological polar surface area (TPSA) is 49.9 Å². The van der Waals surface area contributed by atoms with Gasteiger partial charge in [0, 0.05) is 53.2 Å². The average molecular weight is 836 g/mol. The van der Waals surface area contributed by atoms with Gasteiger partial charge in [-0.2, -0.15) is 0 Å². The molecule has 1 atom stereocenters. The number of hydrogen-bond acceptors (Lipinski definition) is 5. The normalized spacial score (nSPS) is 14.1. The number of nitrogens with one attached hydrogen (secondary N) is 1. The van der Waals surface area contributed by atoms with Crippen LogP contribution in [0.2, 0.25) is 0 Å². The Kier molecular flexibility index (Phi) is 8.43. The van der Waals surface area contributed by atoms with E-state index in [0.717, 1.165) is 55.6 Å². The van der Waals surface area contributed by atoms with Crippen LogP contribution in [0.5, 0.6) is 0 Å². The van der Waals surface area contributed by atoms with E-state index in [1.54, 1.807) is 0 Å². The first-order chi connectivity index (χ1) is 31.7. The molecule has 0 saturated heterocycles. The maximum Gasteiger partial charge on any atom is 0.159 e. The van der Waals surface area contributed by atoms with Crippen molar-refractivity contribution in [1.82, 2.24) is 5.32 Å². The van der Waals surface area contributed by atoms with Crippen molar-refractivity contribution in [2.45, 2.75) is 6.17 Å². The maximum absolute atomic E-state index is 6.75. The minimum Gasteiger partial charge on any atom is -0.455 e. The van der Waals surface area contributed by atoms with E-state index in [2.05, 4.69) is 212 Å². The maximum atomic E-state index is 6.75. The van der Waals surface area contributed by atoms with Gasteiger partial charge in [0.15, 0.2) is 5.84 Å². The van der Waals surface area contributed by atoms with Gasteiger partial charge in [0.2, 0.25) is 0 Å². The van der Waals surface area contributed by atoms with Gasteiger partial charge in [0.05, 0.1) is 0 Å². The molecule has 12 aromatic rings. The Morgan fingerprint density at radius 1 is 0.453 bits per heavy atom. The Morgan fingerprint density at radius 2 is 1.12 bits per heavy atom. The summed E-state index contributed by atoms with van der Waals surface area (Å²) in [4.78, 5) is 10.7. The van der Waals surface area contributed by atoms with Gasteiger partial charge in [-0.05, 0) is 97.9 Å². The summed E-state index contributed by atoms with van der Waals surface area (Å²) in [7, 11) is 0. The van der Waals surface area contributed by atoms with Gasteiger partial charge in [-0.3, -0.25) is 0 Å². The fourth-order valence-corrected chi connectivity index (χ4v) is 10.9. The van der Waals surface area contributed by atoms with E-state index in [0.29, 0.717) is 5.84 Å². The van der Waals surface area contributed by atoms with E-state index < -0.39 is 6.17 Å². The molecule has 1 aliphatic heterocycles. The van der Waals surface area contributed by atoms with Crippen molar-refractivity contribution in [3.05, 3.63) is 229 Å². The van der Waals surface area contributed by atoms with Gasteiger partial charge in [0.1, 0.15) is 23.2 Å². The van der Waals surface area contributed by atoms with E-state index in [-0.39, 0.29) is 0 Å². The SMILES string of the molecule is c1ccc(C2=NC(c3ccc4sc5c(-c6cccc(-c7ccccc7)c6)cc6ccccc6c5c4c3)=NC(c3ccc4oc5c(-c6ccccc6)c6ccccc6cc5c4c3)N2)cc1. The smallest absolute Gasteiger partial charge is 0.159 e. The molecule has 0 radical (unpaired) electrons. The number of hydrogen-bond donors (Lipinski definition) is 1. The lowest BCUT2D eigenvalue weighted by atomic mass is 9.94. The Balaban J connectivity index is 0.974. The lowest BCUT2D eigenvalue weighted by molar-refractivity contribution is 0.664. The molecule has 4 nitrogen and oxygen atoms in total. The molecule has 3 heterocycles. The lowest BCUT2D eigenvalue weighted by Gasteiger charge is -2.23. The number of nitrogens with zero attached hydrogens (tertiary/aromatic N) is 2. The number of thiophene rings is 1. The van der Waals surface area contributed by atoms with Crippen LogP contribution in [-0.4, -0.2) is 11.7 Å². The summed E-state index contributed by atoms with van der Waals surface area (Å²) in [6, 6.07) is 75.7. The molecule has 0 saturated carbocycles. The summed E-state index contributed by atoms with van der Waals surface area (Å²) >= 11 is 1.86. The third kappa shape index (κ3) is 6.04. The first kappa shape index (κ1) is 36.5. The highest BCUT2D eigenvalue weighted by Gasteiger charge is 2.24. The van der Waals surface area contributed by atoms with Gasteiger partial charge in [-0.1, -0.05) is 164 Å². The third-order valence-corrected chi connectivity index (χ3v) is 13.9. The highest BCUT2D eigenvalue weighted by atomic mass is 32.1. The molecule has 1 aliphatic rings. The summed E-state index contributed by atoms with van der Waals surface area (Å²) in [5.74, 6) is 1.47. The molecule has 5 heteroatoms. The molecule has 2 aromatic heterocycles. The summed E-state index contributed by atoms with van der Waals surface area (Å²) in [5, 5.41) is 13.1. The van der Waals surface area contributed by atoms with E-state index in [1.807, 2.05) is 17.4 Å². The zero-order valence-electron chi connectivity index (χ0n) is 34.5. The first-order valence-corrected chi connectivity index (χ1v) is 22.5. The molecule has 1 N–H and O–H groups in total. The van der Waals surface area contributed by atoms with Crippen LogP contribution >= 0.6 is 11.3 Å². The monoisotopic (exact) mass is 835 g/mol. The Morgan fingerprint density at radius 3 is 1.92 bits per heavy atom. The average Bonchev–Trinajstić information content (AvgIpc) is 3.94. The van der Waals surface area contributed by atoms with Crippen LogP contribution in [0.25, 0.3) is 97.0 Å². The largest absolute Gasteiger partial charge is 0.455 e. The van der Waals surface area contributed by atoms with E-state index in [4.69, 9.17) is 14.4 Å². The van der Waals surface area contributed by atoms with Crippen LogP contribution in [0.4, 0.5) is 0 Å². The van der Waals surface area contributed by atoms with Crippen molar-refractivity contribution >= 4 is 86.7 Å². The van der Waals surface area contributed by atoms with Crippen molar-refractivity contribution in [3.8, 4) is 33.4 Å². The molecule has 300 valence electrons. The summed E-state index contributed by atoms with van der Waals surface area (Å²) < 4.78 is 9.26. The van der Waals surface area contributed by atoms with Gasteiger partial charge < -0.3 is 9.73 Å². The zero-order valence-corrected chi connectivity index (χ0v) is 35.3. The van der Waals surface area contributed by atoms with E-state index >= 15 is 0 Å². The summed E-state index contributed by atoms with van der Waals surface area (Å²) in [6.45, 7) is 0. The second kappa shape index (κ2) is 14.8. The van der Waals surface area contributed by atoms with Crippen molar-refractivity contribution in [2.75, 3.05) is 0 Å². The fraction of sp³-hybridized carbons (Fsp3) is 0.0169. The van der Waals surface area contributed by atoms with Crippen LogP contribution in [0.15, 0.2) is 227 Å². The molecule has 0 spiro atoms. The Labute approximate surface area is 373 Å². The molecular formula is C59H37N3OS. The summed E-state index contributed by atoms with van der Waals surface area (Å²) in [5.41, 5.74) is 11.8. The van der Waals surface area contributed by atoms with Crippen molar-refractivity contribution in [2.24, 2.45) is 9.98 Å². The van der Waals surface area contributed by atoms with Crippen molar-refractivity contribution in [3.63, 3.8) is 0 Å². The molecule has 0 bridgehead atoms. The molecule has 64 heavy (non-hydrogen) atoms. The van der Waals surface area contributed by atoms with Gasteiger partial charge >= 0.3 is 0 Å². The van der Waals surface area contributed by atoms with Crippen LogP contribution in [0.1, 0.15) is 22.9 Å². The summed E-state index contributed by atoms with van der Waals surface area (Å²) in [6.07, 6.45) is -0.398. The van der Waals surface area contributed by atoms with Gasteiger partial charge in [-0.25, -0.2) is 9.98 Å². The second-order valence-corrected chi connectivity index (χ2v) is 17.6. The number of benzene rings is 10. The van der Waals surface area contributed by atoms with Gasteiger partial charge in [-0.15, -0.1) is 11.3 Å². The lowest BCUT2D eigenvalue weighted by Crippen LogP contribution is -2.33. The number of furan rings is 1. The Bertz CT molecular complexity index is 3870. The molecular weight excluding hydrogens is 799 g/mol. The zero-order chi connectivity index (χ0) is 42.1. The van der Waals surface area contributed by atoms with Crippen LogP contribution < -0.4 is 5.32 Å². The molecule has 0 fully saturated rings. The standard InChI is InChI=1S/C59H37N3OS/c1-4-15-36(16-5-1)39-23-14-24-40(31-39)47-32-41-21-11-13-26-46(41)54-50-35-44(28-30-52(50)64-56(47)54)59-61-57(38-19-8-3-9-20-38)60-58(62-59)43-27-29-51-48(34-43)49-33-42-22-10-12-25-45(42)53(55(49)63-51)37-17-6-2-7-18-37/h1-35,58H,(H,60,61,62). The molecule has 1 unspecified atom stereocenters. The molecule has 0 amide bonds. The van der Waals surface area contributed by atoms with Crippen molar-refractivity contribution < 1.29 is 4.42 Å². The first-order valence-electron chi connectivity index (χ1n) is 21.7. The molecule has 10 aromatic carbocycles.